The first kappa shape index (κ1) is 12.9. The van der Waals surface area contributed by atoms with Crippen LogP contribution >= 0.6 is 0 Å². The Balaban J connectivity index is 2.42. The van der Waals surface area contributed by atoms with Gasteiger partial charge in [-0.3, -0.25) is 0 Å². The first-order valence-corrected chi connectivity index (χ1v) is 5.24. The number of rotatable bonds is 6. The van der Waals surface area contributed by atoms with Gasteiger partial charge in [-0.1, -0.05) is 0 Å². The van der Waals surface area contributed by atoms with Crippen molar-refractivity contribution < 1.29 is 24.4 Å². The Morgan fingerprint density at radius 3 is 2.60 bits per heavy atom. The van der Waals surface area contributed by atoms with Gasteiger partial charge >= 0.3 is 0 Å². The van der Waals surface area contributed by atoms with Crippen LogP contribution in [0.25, 0.3) is 0 Å². The molecule has 15 heavy (non-hydrogen) atoms. The fourth-order valence-electron chi connectivity index (χ4n) is 1.61. The topological polar surface area (TPSA) is 68.2 Å². The summed E-state index contributed by atoms with van der Waals surface area (Å²) in [7, 11) is 0. The molecule has 0 aromatic heterocycles. The summed E-state index contributed by atoms with van der Waals surface area (Å²) in [5.41, 5.74) is 0. The summed E-state index contributed by atoms with van der Waals surface area (Å²) >= 11 is 0. The monoisotopic (exact) mass is 220 g/mol. The maximum Gasteiger partial charge on any atom is 0.163 e. The number of ether oxygens (including phenoxy) is 3. The molecule has 1 aliphatic heterocycles. The minimum absolute atomic E-state index is 0.0289. The predicted octanol–water partition coefficient (Wildman–Crippen LogP) is -0.102. The van der Waals surface area contributed by atoms with Gasteiger partial charge in [0.25, 0.3) is 0 Å². The van der Waals surface area contributed by atoms with E-state index in [1.54, 1.807) is 0 Å². The summed E-state index contributed by atoms with van der Waals surface area (Å²) in [4.78, 5) is 0. The average molecular weight is 220 g/mol. The second-order valence-electron chi connectivity index (χ2n) is 4.01. The molecule has 1 aliphatic rings. The molecule has 5 nitrogen and oxygen atoms in total. The van der Waals surface area contributed by atoms with Gasteiger partial charge in [-0.05, 0) is 20.3 Å². The molecule has 0 saturated carbocycles. The van der Waals surface area contributed by atoms with Gasteiger partial charge in [0.1, 0.15) is 6.10 Å². The number of hydrogen-bond donors (Lipinski definition) is 2. The molecule has 1 saturated heterocycles. The maximum atomic E-state index is 8.89. The molecule has 2 atom stereocenters. The van der Waals surface area contributed by atoms with Crippen molar-refractivity contribution in [2.24, 2.45) is 0 Å². The highest BCUT2D eigenvalue weighted by Crippen LogP contribution is 2.26. The third-order valence-corrected chi connectivity index (χ3v) is 2.28. The summed E-state index contributed by atoms with van der Waals surface area (Å²) < 4.78 is 16.4. The number of aliphatic hydroxyl groups excluding tert-OH is 2. The van der Waals surface area contributed by atoms with Crippen LogP contribution in [0.2, 0.25) is 0 Å². The minimum atomic E-state index is -0.582. The van der Waals surface area contributed by atoms with Crippen LogP contribution in [0, 0.1) is 0 Å². The summed E-state index contributed by atoms with van der Waals surface area (Å²) in [6.07, 6.45) is 0.104. The lowest BCUT2D eigenvalue weighted by Crippen LogP contribution is -2.34. The average Bonchev–Trinajstić information content (AvgIpc) is 2.53. The van der Waals surface area contributed by atoms with Crippen molar-refractivity contribution in [3.05, 3.63) is 0 Å². The Morgan fingerprint density at radius 1 is 1.40 bits per heavy atom. The Labute approximate surface area is 89.9 Å². The van der Waals surface area contributed by atoms with Crippen molar-refractivity contribution in [1.82, 2.24) is 0 Å². The number of hydrogen-bond acceptors (Lipinski definition) is 5. The van der Waals surface area contributed by atoms with Crippen molar-refractivity contribution in [2.45, 2.75) is 38.3 Å². The highest BCUT2D eigenvalue weighted by molar-refractivity contribution is 4.78. The molecule has 0 unspecified atom stereocenters. The van der Waals surface area contributed by atoms with Crippen LogP contribution in [-0.2, 0) is 14.2 Å². The van der Waals surface area contributed by atoms with Crippen LogP contribution in [0.1, 0.15) is 20.3 Å². The zero-order chi connectivity index (χ0) is 11.3. The van der Waals surface area contributed by atoms with E-state index in [1.165, 1.54) is 0 Å². The third kappa shape index (κ3) is 4.04. The first-order chi connectivity index (χ1) is 7.09. The van der Waals surface area contributed by atoms with Crippen LogP contribution in [0.5, 0.6) is 0 Å². The Hall–Kier alpha value is -0.200. The molecule has 90 valence electrons. The van der Waals surface area contributed by atoms with Crippen molar-refractivity contribution in [2.75, 3.05) is 26.4 Å². The van der Waals surface area contributed by atoms with Crippen LogP contribution < -0.4 is 0 Å². The Kier molecular flexibility index (Phi) is 4.95. The molecule has 0 aliphatic carbocycles. The summed E-state index contributed by atoms with van der Waals surface area (Å²) in [6.45, 7) is 4.41. The van der Waals surface area contributed by atoms with Crippen LogP contribution in [0.15, 0.2) is 0 Å². The van der Waals surface area contributed by atoms with Gasteiger partial charge in [0.2, 0.25) is 0 Å². The van der Waals surface area contributed by atoms with E-state index in [4.69, 9.17) is 24.4 Å². The molecule has 5 heteroatoms. The highest BCUT2D eigenvalue weighted by Gasteiger charge is 2.37. The van der Waals surface area contributed by atoms with Gasteiger partial charge in [-0.15, -0.1) is 0 Å². The molecule has 1 fully saturated rings. The van der Waals surface area contributed by atoms with E-state index in [2.05, 4.69) is 0 Å². The van der Waals surface area contributed by atoms with E-state index < -0.39 is 5.79 Å². The molecule has 0 aromatic rings. The first-order valence-electron chi connectivity index (χ1n) is 5.24. The van der Waals surface area contributed by atoms with E-state index in [0.29, 0.717) is 13.0 Å². The molecule has 0 bridgehead atoms. The second kappa shape index (κ2) is 5.77. The summed E-state index contributed by atoms with van der Waals surface area (Å²) in [5.74, 6) is -0.582. The van der Waals surface area contributed by atoms with Gasteiger partial charge in [0.05, 0.1) is 25.9 Å². The highest BCUT2D eigenvalue weighted by atomic mass is 16.7. The molecular formula is C10H20O5. The molecule has 2 N–H and O–H groups in total. The quantitative estimate of drug-likeness (QED) is 0.654. The number of aliphatic hydroxyl groups is 2. The van der Waals surface area contributed by atoms with Crippen molar-refractivity contribution in [3.8, 4) is 0 Å². The Morgan fingerprint density at radius 2 is 2.13 bits per heavy atom. The SMILES string of the molecule is CC1(C)OC[C@H]([C@H](CCO)OCCO)O1. The lowest BCUT2D eigenvalue weighted by Gasteiger charge is -2.23. The van der Waals surface area contributed by atoms with Crippen LogP contribution in [0.3, 0.4) is 0 Å². The summed E-state index contributed by atoms with van der Waals surface area (Å²) in [6, 6.07) is 0. The van der Waals surface area contributed by atoms with Crippen LogP contribution in [0.4, 0.5) is 0 Å². The van der Waals surface area contributed by atoms with E-state index in [9.17, 15) is 0 Å². The largest absolute Gasteiger partial charge is 0.396 e. The fraction of sp³-hybridized carbons (Fsp3) is 1.00. The zero-order valence-corrected chi connectivity index (χ0v) is 9.31. The molecule has 0 radical (unpaired) electrons. The van der Waals surface area contributed by atoms with Gasteiger partial charge < -0.3 is 24.4 Å². The van der Waals surface area contributed by atoms with E-state index >= 15 is 0 Å². The Bertz CT molecular complexity index is 183. The second-order valence-corrected chi connectivity index (χ2v) is 4.01. The molecule has 0 aromatic carbocycles. The van der Waals surface area contributed by atoms with Crippen LogP contribution in [-0.4, -0.2) is 54.6 Å². The predicted molar refractivity (Wildman–Crippen MR) is 53.4 cm³/mol. The molecule has 1 rings (SSSR count). The standard InChI is InChI=1S/C10H20O5/c1-10(2)14-7-9(15-10)8(3-4-11)13-6-5-12/h8-9,11-12H,3-7H2,1-2H3/t8-,9+/m0/s1. The normalized spacial score (nSPS) is 26.8. The molecule has 1 heterocycles. The van der Waals surface area contributed by atoms with Crippen molar-refractivity contribution in [1.29, 1.82) is 0 Å². The maximum absolute atomic E-state index is 8.89. The fourth-order valence-corrected chi connectivity index (χ4v) is 1.61. The van der Waals surface area contributed by atoms with Gasteiger partial charge in [-0.2, -0.15) is 0 Å². The lowest BCUT2D eigenvalue weighted by atomic mass is 10.1. The molecule has 0 spiro atoms. The lowest BCUT2D eigenvalue weighted by molar-refractivity contribution is -0.158. The molecule has 0 amide bonds. The van der Waals surface area contributed by atoms with E-state index in [-0.39, 0.29) is 32.0 Å². The van der Waals surface area contributed by atoms with Gasteiger partial charge in [0, 0.05) is 6.61 Å². The van der Waals surface area contributed by atoms with E-state index in [1.807, 2.05) is 13.8 Å². The summed E-state index contributed by atoms with van der Waals surface area (Å²) in [5, 5.41) is 17.6. The minimum Gasteiger partial charge on any atom is -0.396 e. The molecular weight excluding hydrogens is 200 g/mol. The van der Waals surface area contributed by atoms with Crippen molar-refractivity contribution in [3.63, 3.8) is 0 Å². The van der Waals surface area contributed by atoms with E-state index in [0.717, 1.165) is 0 Å². The smallest absolute Gasteiger partial charge is 0.163 e. The third-order valence-electron chi connectivity index (χ3n) is 2.28. The zero-order valence-electron chi connectivity index (χ0n) is 9.31. The van der Waals surface area contributed by atoms with Gasteiger partial charge in [-0.25, -0.2) is 0 Å². The van der Waals surface area contributed by atoms with Gasteiger partial charge in [0.15, 0.2) is 5.79 Å². The van der Waals surface area contributed by atoms with Crippen molar-refractivity contribution >= 4 is 0 Å².